The average Bonchev–Trinajstić information content (AvgIpc) is 1.77. The summed E-state index contributed by atoms with van der Waals surface area (Å²) in [7, 11) is 0. The fraction of sp³-hybridized carbons (Fsp3) is 1.00. The monoisotopic (exact) mass is 130 g/mol. The topological polar surface area (TPSA) is 0 Å². The van der Waals surface area contributed by atoms with Gasteiger partial charge in [-0.1, -0.05) is 13.8 Å². The van der Waals surface area contributed by atoms with Crippen LogP contribution in [-0.2, 0) is 0 Å². The van der Waals surface area contributed by atoms with Gasteiger partial charge in [0.25, 0.3) is 0 Å². The van der Waals surface area contributed by atoms with Crippen molar-refractivity contribution in [1.29, 1.82) is 0 Å². The molecule has 1 heteroatoms. The predicted octanol–water partition coefficient (Wildman–Crippen LogP) is 2.40. The van der Waals surface area contributed by atoms with Crippen molar-refractivity contribution in [2.75, 3.05) is 11.5 Å². The first kappa shape index (κ1) is 6.47. The zero-order valence-corrected chi connectivity index (χ0v) is 6.50. The van der Waals surface area contributed by atoms with Crippen molar-refractivity contribution in [1.82, 2.24) is 0 Å². The van der Waals surface area contributed by atoms with E-state index in [0.29, 0.717) is 0 Å². The summed E-state index contributed by atoms with van der Waals surface area (Å²) < 4.78 is 0. The van der Waals surface area contributed by atoms with Crippen LogP contribution in [0.5, 0.6) is 0 Å². The van der Waals surface area contributed by atoms with E-state index in [1.54, 1.807) is 0 Å². The van der Waals surface area contributed by atoms with Crippen molar-refractivity contribution in [2.24, 2.45) is 11.8 Å². The van der Waals surface area contributed by atoms with Gasteiger partial charge in [0, 0.05) is 0 Å². The molecule has 0 amide bonds. The maximum atomic E-state index is 2.37. The molecule has 2 atom stereocenters. The lowest BCUT2D eigenvalue weighted by molar-refractivity contribution is 0.406. The van der Waals surface area contributed by atoms with Gasteiger partial charge in [0.2, 0.25) is 0 Å². The van der Waals surface area contributed by atoms with Gasteiger partial charge in [-0.25, -0.2) is 0 Å². The lowest BCUT2D eigenvalue weighted by atomic mass is 9.95. The first-order valence-electron chi connectivity index (χ1n) is 3.38. The van der Waals surface area contributed by atoms with E-state index in [0.717, 1.165) is 11.8 Å². The lowest BCUT2D eigenvalue weighted by Crippen LogP contribution is -2.16. The van der Waals surface area contributed by atoms with Crippen LogP contribution < -0.4 is 0 Å². The minimum Gasteiger partial charge on any atom is -0.162 e. The Hall–Kier alpha value is 0.350. The minimum absolute atomic E-state index is 0.966. The SMILES string of the molecule is C[C@@H]1CSCC[C@@H]1C. The highest BCUT2D eigenvalue weighted by Crippen LogP contribution is 2.27. The largest absolute Gasteiger partial charge is 0.162 e. The van der Waals surface area contributed by atoms with Crippen LogP contribution in [0.3, 0.4) is 0 Å². The molecule has 1 aliphatic rings. The molecule has 0 N–H and O–H groups in total. The molecule has 1 aliphatic heterocycles. The Labute approximate surface area is 56.0 Å². The van der Waals surface area contributed by atoms with Crippen LogP contribution in [0.1, 0.15) is 20.3 Å². The Kier molecular flexibility index (Phi) is 2.24. The molecule has 0 aromatic heterocycles. The quantitative estimate of drug-likeness (QED) is 0.485. The standard InChI is InChI=1S/C7H14S/c1-6-3-4-8-5-7(6)2/h6-7H,3-5H2,1-2H3/t6-,7+/m0/s1. The highest BCUT2D eigenvalue weighted by molar-refractivity contribution is 7.99. The van der Waals surface area contributed by atoms with E-state index >= 15 is 0 Å². The molecule has 0 radical (unpaired) electrons. The molecule has 0 bridgehead atoms. The third-order valence-electron chi connectivity index (χ3n) is 2.07. The molecule has 0 spiro atoms. The van der Waals surface area contributed by atoms with Crippen molar-refractivity contribution >= 4 is 11.8 Å². The maximum absolute atomic E-state index is 2.37. The van der Waals surface area contributed by atoms with Crippen LogP contribution in [-0.4, -0.2) is 11.5 Å². The van der Waals surface area contributed by atoms with Crippen LogP contribution in [0.4, 0.5) is 0 Å². The Morgan fingerprint density at radius 1 is 1.25 bits per heavy atom. The Morgan fingerprint density at radius 3 is 2.38 bits per heavy atom. The molecule has 0 aromatic carbocycles. The molecule has 0 unspecified atom stereocenters. The predicted molar refractivity (Wildman–Crippen MR) is 40.3 cm³/mol. The number of rotatable bonds is 0. The van der Waals surface area contributed by atoms with Gasteiger partial charge in [-0.05, 0) is 29.8 Å². The van der Waals surface area contributed by atoms with E-state index in [9.17, 15) is 0 Å². The molecule has 0 saturated carbocycles. The van der Waals surface area contributed by atoms with Gasteiger partial charge in [0.05, 0.1) is 0 Å². The summed E-state index contributed by atoms with van der Waals surface area (Å²) in [4.78, 5) is 0. The molecule has 1 fully saturated rings. The van der Waals surface area contributed by atoms with E-state index < -0.39 is 0 Å². The lowest BCUT2D eigenvalue weighted by Gasteiger charge is -2.24. The van der Waals surface area contributed by atoms with Crippen molar-refractivity contribution in [3.05, 3.63) is 0 Å². The normalized spacial score (nSPS) is 39.8. The van der Waals surface area contributed by atoms with E-state index in [2.05, 4.69) is 25.6 Å². The first-order valence-corrected chi connectivity index (χ1v) is 4.54. The summed E-state index contributed by atoms with van der Waals surface area (Å²) >= 11 is 2.11. The molecular weight excluding hydrogens is 116 g/mol. The molecular formula is C7H14S. The van der Waals surface area contributed by atoms with Gasteiger partial charge < -0.3 is 0 Å². The van der Waals surface area contributed by atoms with Gasteiger partial charge in [-0.15, -0.1) is 0 Å². The van der Waals surface area contributed by atoms with E-state index in [1.807, 2.05) is 0 Å². The van der Waals surface area contributed by atoms with Crippen molar-refractivity contribution in [2.45, 2.75) is 20.3 Å². The Bertz CT molecular complexity index is 60.8. The molecule has 8 heavy (non-hydrogen) atoms. The van der Waals surface area contributed by atoms with Gasteiger partial charge in [0.15, 0.2) is 0 Å². The summed E-state index contributed by atoms with van der Waals surface area (Å²) in [5.41, 5.74) is 0. The number of hydrogen-bond donors (Lipinski definition) is 0. The molecule has 1 heterocycles. The van der Waals surface area contributed by atoms with Gasteiger partial charge in [0.1, 0.15) is 0 Å². The average molecular weight is 130 g/mol. The summed E-state index contributed by atoms with van der Waals surface area (Å²) in [5.74, 6) is 4.73. The summed E-state index contributed by atoms with van der Waals surface area (Å²) in [6, 6.07) is 0. The molecule has 0 nitrogen and oxygen atoms in total. The van der Waals surface area contributed by atoms with E-state index in [1.165, 1.54) is 17.9 Å². The smallest absolute Gasteiger partial charge is 0.00392 e. The summed E-state index contributed by atoms with van der Waals surface area (Å²) in [6.07, 6.45) is 1.44. The zero-order valence-electron chi connectivity index (χ0n) is 5.68. The third-order valence-corrected chi connectivity index (χ3v) is 3.36. The minimum atomic E-state index is 0.966. The van der Waals surface area contributed by atoms with Crippen molar-refractivity contribution in [3.8, 4) is 0 Å². The fourth-order valence-electron chi connectivity index (χ4n) is 0.987. The molecule has 1 saturated heterocycles. The van der Waals surface area contributed by atoms with Crippen LogP contribution in [0.25, 0.3) is 0 Å². The van der Waals surface area contributed by atoms with Gasteiger partial charge in [-0.2, -0.15) is 11.8 Å². The first-order chi connectivity index (χ1) is 3.80. The highest BCUT2D eigenvalue weighted by atomic mass is 32.2. The van der Waals surface area contributed by atoms with E-state index in [-0.39, 0.29) is 0 Å². The van der Waals surface area contributed by atoms with Crippen LogP contribution in [0.2, 0.25) is 0 Å². The highest BCUT2D eigenvalue weighted by Gasteiger charge is 2.15. The number of hydrogen-bond acceptors (Lipinski definition) is 1. The molecule has 0 aromatic rings. The summed E-state index contributed by atoms with van der Waals surface area (Å²) in [6.45, 7) is 4.72. The molecule has 48 valence electrons. The number of thioether (sulfide) groups is 1. The van der Waals surface area contributed by atoms with Crippen LogP contribution in [0.15, 0.2) is 0 Å². The van der Waals surface area contributed by atoms with Crippen molar-refractivity contribution < 1.29 is 0 Å². The van der Waals surface area contributed by atoms with E-state index in [4.69, 9.17) is 0 Å². The molecule has 0 aliphatic carbocycles. The molecule has 1 rings (SSSR count). The maximum Gasteiger partial charge on any atom is -0.00392 e. The summed E-state index contributed by atoms with van der Waals surface area (Å²) in [5, 5.41) is 0. The van der Waals surface area contributed by atoms with Gasteiger partial charge >= 0.3 is 0 Å². The fourth-order valence-corrected chi connectivity index (χ4v) is 2.39. The second-order valence-corrected chi connectivity index (χ2v) is 3.97. The van der Waals surface area contributed by atoms with Crippen LogP contribution in [0, 0.1) is 11.8 Å². The van der Waals surface area contributed by atoms with Crippen molar-refractivity contribution in [3.63, 3.8) is 0 Å². The Morgan fingerprint density at radius 2 is 2.00 bits per heavy atom. The third kappa shape index (κ3) is 1.41. The van der Waals surface area contributed by atoms with Gasteiger partial charge in [-0.3, -0.25) is 0 Å². The second-order valence-electron chi connectivity index (χ2n) is 2.82. The zero-order chi connectivity index (χ0) is 5.98. The second kappa shape index (κ2) is 2.77. The Balaban J connectivity index is 2.28. The van der Waals surface area contributed by atoms with Crippen LogP contribution >= 0.6 is 11.8 Å².